The van der Waals surface area contributed by atoms with Crippen LogP contribution in [0.2, 0.25) is 0 Å². The van der Waals surface area contributed by atoms with Crippen molar-refractivity contribution in [2.45, 2.75) is 37.1 Å². The molecule has 0 aromatic heterocycles. The van der Waals surface area contributed by atoms with E-state index in [1.807, 2.05) is 7.05 Å². The minimum Gasteiger partial charge on any atom is -0.317 e. The molecule has 0 radical (unpaired) electrons. The summed E-state index contributed by atoms with van der Waals surface area (Å²) in [4.78, 5) is 10.7. The van der Waals surface area contributed by atoms with Crippen molar-refractivity contribution in [3.05, 3.63) is 34.4 Å². The molecule has 0 fully saturated rings. The van der Waals surface area contributed by atoms with Crippen molar-refractivity contribution in [3.8, 4) is 0 Å². The van der Waals surface area contributed by atoms with Gasteiger partial charge in [-0.25, -0.2) is 0 Å². The molecule has 0 amide bonds. The highest BCUT2D eigenvalue weighted by atomic mass is 32.2. The van der Waals surface area contributed by atoms with E-state index >= 15 is 0 Å². The molecule has 5 nitrogen and oxygen atoms in total. The summed E-state index contributed by atoms with van der Waals surface area (Å²) >= 11 is 0. The molecule has 19 heavy (non-hydrogen) atoms. The minimum atomic E-state index is -1.29. The van der Waals surface area contributed by atoms with E-state index < -0.39 is 15.7 Å². The van der Waals surface area contributed by atoms with Crippen molar-refractivity contribution >= 4 is 16.5 Å². The lowest BCUT2D eigenvalue weighted by Gasteiger charge is -2.09. The Labute approximate surface area is 116 Å². The average Bonchev–Trinajstić information content (AvgIpc) is 2.42. The third-order valence-electron chi connectivity index (χ3n) is 3.02. The van der Waals surface area contributed by atoms with E-state index in [2.05, 4.69) is 12.2 Å². The Bertz CT molecular complexity index is 451. The van der Waals surface area contributed by atoms with Crippen LogP contribution in [-0.4, -0.2) is 28.0 Å². The van der Waals surface area contributed by atoms with Gasteiger partial charge in [0.15, 0.2) is 0 Å². The zero-order valence-electron chi connectivity index (χ0n) is 11.3. The quantitative estimate of drug-likeness (QED) is 0.452. The maximum absolute atomic E-state index is 12.1. The molecule has 2 unspecified atom stereocenters. The lowest BCUT2D eigenvalue weighted by molar-refractivity contribution is -0.387. The molecule has 1 aromatic rings. The van der Waals surface area contributed by atoms with Crippen LogP contribution in [0, 0.1) is 10.1 Å². The van der Waals surface area contributed by atoms with Gasteiger partial charge >= 0.3 is 0 Å². The van der Waals surface area contributed by atoms with Crippen LogP contribution in [0.5, 0.6) is 0 Å². The van der Waals surface area contributed by atoms with Gasteiger partial charge in [-0.05, 0) is 32.9 Å². The Morgan fingerprint density at radius 3 is 2.68 bits per heavy atom. The second-order valence-electron chi connectivity index (χ2n) is 4.46. The molecule has 0 spiro atoms. The van der Waals surface area contributed by atoms with Crippen LogP contribution in [0.1, 0.15) is 26.2 Å². The number of hydrogen-bond acceptors (Lipinski definition) is 4. The molecular formula is C13H20N2O3S. The van der Waals surface area contributed by atoms with Crippen molar-refractivity contribution in [2.24, 2.45) is 0 Å². The molecule has 1 aromatic carbocycles. The van der Waals surface area contributed by atoms with Gasteiger partial charge in [-0.3, -0.25) is 14.3 Å². The smallest absolute Gasteiger partial charge is 0.285 e. The molecule has 106 valence electrons. The van der Waals surface area contributed by atoms with Gasteiger partial charge in [0, 0.05) is 17.9 Å². The van der Waals surface area contributed by atoms with Crippen LogP contribution in [-0.2, 0) is 10.8 Å². The minimum absolute atomic E-state index is 0.0515. The summed E-state index contributed by atoms with van der Waals surface area (Å²) < 4.78 is 12.1. The highest BCUT2D eigenvalue weighted by molar-refractivity contribution is 7.85. The summed E-state index contributed by atoms with van der Waals surface area (Å²) in [5.41, 5.74) is -0.0515. The Morgan fingerprint density at radius 1 is 1.37 bits per heavy atom. The summed E-state index contributed by atoms with van der Waals surface area (Å²) in [7, 11) is 0.619. The number of rotatable bonds is 8. The maximum Gasteiger partial charge on any atom is 0.285 e. The standard InChI is InChI=1S/C13H20N2O3S/c1-11(14-2)7-5-6-10-19(18)13-9-4-3-8-12(13)15(16)17/h3-4,8-9,11,14H,5-7,10H2,1-2H3. The number of nitro benzene ring substituents is 1. The molecule has 0 aliphatic rings. The van der Waals surface area contributed by atoms with E-state index in [1.54, 1.807) is 18.2 Å². The first-order chi connectivity index (χ1) is 9.06. The van der Waals surface area contributed by atoms with Crippen molar-refractivity contribution in [1.29, 1.82) is 0 Å². The van der Waals surface area contributed by atoms with Crippen molar-refractivity contribution < 1.29 is 9.13 Å². The molecule has 0 bridgehead atoms. The lowest BCUT2D eigenvalue weighted by Crippen LogP contribution is -2.20. The zero-order chi connectivity index (χ0) is 14.3. The maximum atomic E-state index is 12.1. The average molecular weight is 284 g/mol. The molecule has 0 saturated heterocycles. The predicted octanol–water partition coefficient (Wildman–Crippen LogP) is 2.48. The van der Waals surface area contributed by atoms with Crippen molar-refractivity contribution in [1.82, 2.24) is 5.32 Å². The van der Waals surface area contributed by atoms with Crippen LogP contribution >= 0.6 is 0 Å². The Balaban J connectivity index is 2.52. The summed E-state index contributed by atoms with van der Waals surface area (Å²) in [6, 6.07) is 6.69. The van der Waals surface area contributed by atoms with Gasteiger partial charge in [-0.15, -0.1) is 0 Å². The Morgan fingerprint density at radius 2 is 2.05 bits per heavy atom. The number of nitrogens with zero attached hydrogens (tertiary/aromatic N) is 1. The second-order valence-corrected chi connectivity index (χ2v) is 6.00. The van der Waals surface area contributed by atoms with Crippen LogP contribution in [0.4, 0.5) is 5.69 Å². The van der Waals surface area contributed by atoms with E-state index in [9.17, 15) is 14.3 Å². The number of benzene rings is 1. The number of unbranched alkanes of at least 4 members (excludes halogenated alkanes) is 1. The third kappa shape index (κ3) is 5.08. The van der Waals surface area contributed by atoms with Gasteiger partial charge in [0.25, 0.3) is 5.69 Å². The van der Waals surface area contributed by atoms with E-state index in [0.29, 0.717) is 16.7 Å². The number of nitro groups is 1. The van der Waals surface area contributed by atoms with Gasteiger partial charge < -0.3 is 5.32 Å². The van der Waals surface area contributed by atoms with Crippen LogP contribution in [0.3, 0.4) is 0 Å². The summed E-state index contributed by atoms with van der Waals surface area (Å²) in [6.07, 6.45) is 2.80. The number of hydrogen-bond donors (Lipinski definition) is 1. The third-order valence-corrected chi connectivity index (χ3v) is 4.51. The van der Waals surface area contributed by atoms with E-state index in [4.69, 9.17) is 0 Å². The molecule has 6 heteroatoms. The molecule has 0 aliphatic carbocycles. The normalized spacial score (nSPS) is 14.0. The fraction of sp³-hybridized carbons (Fsp3) is 0.538. The molecule has 2 atom stereocenters. The fourth-order valence-electron chi connectivity index (χ4n) is 1.74. The zero-order valence-corrected chi connectivity index (χ0v) is 12.1. The van der Waals surface area contributed by atoms with Crippen molar-refractivity contribution in [3.63, 3.8) is 0 Å². The lowest BCUT2D eigenvalue weighted by atomic mass is 10.1. The predicted molar refractivity (Wildman–Crippen MR) is 76.7 cm³/mol. The topological polar surface area (TPSA) is 72.2 Å². The van der Waals surface area contributed by atoms with Gasteiger partial charge in [0.1, 0.15) is 4.90 Å². The molecule has 1 rings (SSSR count). The summed E-state index contributed by atoms with van der Waals surface area (Å²) in [5, 5.41) is 14.0. The van der Waals surface area contributed by atoms with Crippen molar-refractivity contribution in [2.75, 3.05) is 12.8 Å². The largest absolute Gasteiger partial charge is 0.317 e. The highest BCUT2D eigenvalue weighted by Gasteiger charge is 2.17. The Hall–Kier alpha value is -1.27. The van der Waals surface area contributed by atoms with E-state index in [-0.39, 0.29) is 5.69 Å². The van der Waals surface area contributed by atoms with Gasteiger partial charge in [-0.2, -0.15) is 0 Å². The summed E-state index contributed by atoms with van der Waals surface area (Å²) in [5.74, 6) is 0.473. The Kier molecular flexibility index (Phi) is 6.66. The van der Waals surface area contributed by atoms with Gasteiger partial charge in [0.05, 0.1) is 15.7 Å². The molecule has 0 aliphatic heterocycles. The van der Waals surface area contributed by atoms with Gasteiger partial charge in [0.2, 0.25) is 0 Å². The fourth-order valence-corrected chi connectivity index (χ4v) is 3.03. The van der Waals surface area contributed by atoms with Crippen LogP contribution in [0.25, 0.3) is 0 Å². The van der Waals surface area contributed by atoms with E-state index in [1.165, 1.54) is 6.07 Å². The monoisotopic (exact) mass is 284 g/mol. The van der Waals surface area contributed by atoms with Crippen LogP contribution in [0.15, 0.2) is 29.2 Å². The number of nitrogens with one attached hydrogen (secondary N) is 1. The van der Waals surface area contributed by atoms with E-state index in [0.717, 1.165) is 19.3 Å². The second kappa shape index (κ2) is 8.01. The molecule has 1 N–H and O–H groups in total. The first kappa shape index (κ1) is 15.8. The first-order valence-electron chi connectivity index (χ1n) is 6.35. The highest BCUT2D eigenvalue weighted by Crippen LogP contribution is 2.22. The molecule has 0 heterocycles. The molecule has 0 saturated carbocycles. The molecular weight excluding hydrogens is 264 g/mol. The van der Waals surface area contributed by atoms with Gasteiger partial charge in [-0.1, -0.05) is 18.6 Å². The van der Waals surface area contributed by atoms with Crippen LogP contribution < -0.4 is 5.32 Å². The summed E-state index contributed by atoms with van der Waals surface area (Å²) in [6.45, 7) is 2.10. The number of para-hydroxylation sites is 1. The first-order valence-corrected chi connectivity index (χ1v) is 7.67. The SMILES string of the molecule is CNC(C)CCCCS(=O)c1ccccc1[N+](=O)[O-].